The van der Waals surface area contributed by atoms with Gasteiger partial charge >= 0.3 is 0 Å². The Morgan fingerprint density at radius 3 is 2.73 bits per heavy atom. The summed E-state index contributed by atoms with van der Waals surface area (Å²) < 4.78 is 5.57. The largest absolute Gasteiger partial charge is 0.492 e. The van der Waals surface area contributed by atoms with Gasteiger partial charge in [-0.3, -0.25) is 10.1 Å². The van der Waals surface area contributed by atoms with Crippen LogP contribution in [0.4, 0.5) is 10.8 Å². The van der Waals surface area contributed by atoms with Crippen molar-refractivity contribution in [3.8, 4) is 5.75 Å². The minimum absolute atomic E-state index is 0.134. The number of aryl methyl sites for hydroxylation is 1. The molecule has 2 N–H and O–H groups in total. The number of nitrogens with zero attached hydrogens (tertiary/aromatic N) is 2. The number of hydrogen-bond donors (Lipinski definition) is 2. The lowest BCUT2D eigenvalue weighted by molar-refractivity contribution is -0.117. The number of ether oxygens (including phenoxy) is 1. The lowest BCUT2D eigenvalue weighted by Crippen LogP contribution is -2.34. The zero-order chi connectivity index (χ0) is 15.9. The van der Waals surface area contributed by atoms with Gasteiger partial charge in [-0.05, 0) is 32.4 Å². The van der Waals surface area contributed by atoms with E-state index < -0.39 is 0 Å². The Morgan fingerprint density at radius 2 is 2.09 bits per heavy atom. The Kier molecular flexibility index (Phi) is 5.71. The Morgan fingerprint density at radius 1 is 1.32 bits per heavy atom. The van der Waals surface area contributed by atoms with E-state index in [2.05, 4.69) is 20.8 Å². The van der Waals surface area contributed by atoms with E-state index in [0.29, 0.717) is 18.2 Å². The monoisotopic (exact) mass is 320 g/mol. The van der Waals surface area contributed by atoms with Gasteiger partial charge in [0, 0.05) is 0 Å². The number of hydrogen-bond acceptors (Lipinski definition) is 6. The van der Waals surface area contributed by atoms with Crippen LogP contribution in [-0.4, -0.2) is 28.8 Å². The highest BCUT2D eigenvalue weighted by molar-refractivity contribution is 7.15. The van der Waals surface area contributed by atoms with Crippen molar-refractivity contribution in [1.29, 1.82) is 0 Å². The summed E-state index contributed by atoms with van der Waals surface area (Å²) in [7, 11) is 0. The van der Waals surface area contributed by atoms with Gasteiger partial charge in [0.05, 0.1) is 12.3 Å². The summed E-state index contributed by atoms with van der Waals surface area (Å²) in [5, 5.41) is 15.1. The highest BCUT2D eigenvalue weighted by Gasteiger charge is 2.19. The van der Waals surface area contributed by atoms with E-state index in [9.17, 15) is 4.79 Å². The number of carbonyl (C=O) groups is 1. The van der Waals surface area contributed by atoms with Gasteiger partial charge in [-0.25, -0.2) is 0 Å². The Balaban J connectivity index is 2.06. The molecule has 0 radical (unpaired) electrons. The van der Waals surface area contributed by atoms with E-state index in [1.54, 1.807) is 0 Å². The van der Waals surface area contributed by atoms with Crippen LogP contribution >= 0.6 is 11.3 Å². The van der Waals surface area contributed by atoms with Crippen molar-refractivity contribution in [3.63, 3.8) is 0 Å². The van der Waals surface area contributed by atoms with Crippen LogP contribution in [0.5, 0.6) is 5.75 Å². The molecule has 0 aliphatic rings. The van der Waals surface area contributed by atoms with Gasteiger partial charge in [0.2, 0.25) is 11.0 Å². The average molecular weight is 320 g/mol. The van der Waals surface area contributed by atoms with Crippen molar-refractivity contribution in [2.75, 3.05) is 17.2 Å². The Hall–Kier alpha value is -2.15. The summed E-state index contributed by atoms with van der Waals surface area (Å²) in [4.78, 5) is 12.4. The molecule has 0 aliphatic carbocycles. The van der Waals surface area contributed by atoms with Gasteiger partial charge in [0.25, 0.3) is 0 Å². The van der Waals surface area contributed by atoms with Crippen LogP contribution in [0.25, 0.3) is 0 Å². The summed E-state index contributed by atoms with van der Waals surface area (Å²) in [6, 6.07) is 7.22. The topological polar surface area (TPSA) is 76.1 Å². The molecule has 0 fully saturated rings. The molecule has 6 nitrogen and oxygen atoms in total. The van der Waals surface area contributed by atoms with Gasteiger partial charge < -0.3 is 10.1 Å². The van der Waals surface area contributed by atoms with Crippen molar-refractivity contribution in [2.45, 2.75) is 33.2 Å². The number of aromatic nitrogens is 2. The molecule has 0 saturated heterocycles. The second-order valence-electron chi connectivity index (χ2n) is 4.65. The fourth-order valence-corrected chi connectivity index (χ4v) is 2.54. The molecular weight excluding hydrogens is 300 g/mol. The molecular formula is C15H20N4O2S. The van der Waals surface area contributed by atoms with E-state index in [1.807, 2.05) is 45.0 Å². The van der Waals surface area contributed by atoms with E-state index in [0.717, 1.165) is 16.4 Å². The third-order valence-corrected chi connectivity index (χ3v) is 3.75. The first kappa shape index (κ1) is 16.2. The zero-order valence-corrected chi connectivity index (χ0v) is 13.7. The number of rotatable bonds is 7. The smallest absolute Gasteiger partial charge is 0.248 e. The minimum atomic E-state index is -0.370. The highest BCUT2D eigenvalue weighted by atomic mass is 32.1. The molecule has 1 atom stereocenters. The minimum Gasteiger partial charge on any atom is -0.492 e. The van der Waals surface area contributed by atoms with Crippen LogP contribution in [0.15, 0.2) is 24.3 Å². The van der Waals surface area contributed by atoms with Crippen LogP contribution in [0.2, 0.25) is 0 Å². The second kappa shape index (κ2) is 7.74. The summed E-state index contributed by atoms with van der Waals surface area (Å²) in [5.74, 6) is 0.605. The zero-order valence-electron chi connectivity index (χ0n) is 12.9. The van der Waals surface area contributed by atoms with Crippen LogP contribution in [0.3, 0.4) is 0 Å². The normalized spacial score (nSPS) is 11.8. The van der Waals surface area contributed by atoms with Crippen LogP contribution in [0.1, 0.15) is 25.3 Å². The van der Waals surface area contributed by atoms with Gasteiger partial charge in [-0.1, -0.05) is 30.4 Å². The molecule has 0 unspecified atom stereocenters. The molecule has 118 valence electrons. The molecule has 0 bridgehead atoms. The first-order valence-corrected chi connectivity index (χ1v) is 8.05. The maximum atomic E-state index is 12.4. The SMILES string of the molecule is CCOc1ccccc1N[C@@H](CC)C(=O)Nc1nnc(C)s1. The Bertz CT molecular complexity index is 630. The van der Waals surface area contributed by atoms with Crippen molar-refractivity contribution < 1.29 is 9.53 Å². The summed E-state index contributed by atoms with van der Waals surface area (Å²) >= 11 is 1.35. The second-order valence-corrected chi connectivity index (χ2v) is 5.83. The number of benzene rings is 1. The summed E-state index contributed by atoms with van der Waals surface area (Å²) in [6.07, 6.45) is 0.643. The third-order valence-electron chi connectivity index (χ3n) is 3.00. The molecule has 1 aromatic heterocycles. The van der Waals surface area contributed by atoms with Gasteiger partial charge in [0.1, 0.15) is 16.8 Å². The van der Waals surface area contributed by atoms with Crippen LogP contribution in [0, 0.1) is 6.92 Å². The van der Waals surface area contributed by atoms with Crippen LogP contribution < -0.4 is 15.4 Å². The van der Waals surface area contributed by atoms with Gasteiger partial charge in [0.15, 0.2) is 0 Å². The number of anilines is 2. The predicted octanol–water partition coefficient (Wildman–Crippen LogP) is 3.07. The summed E-state index contributed by atoms with van der Waals surface area (Å²) in [5.41, 5.74) is 0.805. The number of carbonyl (C=O) groups excluding carboxylic acids is 1. The lowest BCUT2D eigenvalue weighted by atomic mass is 10.2. The van der Waals surface area contributed by atoms with Crippen molar-refractivity contribution in [3.05, 3.63) is 29.3 Å². The van der Waals surface area contributed by atoms with E-state index in [-0.39, 0.29) is 11.9 Å². The predicted molar refractivity (Wildman–Crippen MR) is 88.6 cm³/mol. The third kappa shape index (κ3) is 4.17. The maximum absolute atomic E-state index is 12.4. The molecule has 0 aliphatic heterocycles. The number of nitrogens with one attached hydrogen (secondary N) is 2. The van der Waals surface area contributed by atoms with E-state index >= 15 is 0 Å². The molecule has 2 aromatic rings. The van der Waals surface area contributed by atoms with Crippen molar-refractivity contribution in [1.82, 2.24) is 10.2 Å². The quantitative estimate of drug-likeness (QED) is 0.820. The van der Waals surface area contributed by atoms with Crippen molar-refractivity contribution in [2.24, 2.45) is 0 Å². The lowest BCUT2D eigenvalue weighted by Gasteiger charge is -2.19. The Labute approximate surface area is 133 Å². The standard InChI is InChI=1S/C15H20N4O2S/c1-4-11(14(20)17-15-19-18-10(3)22-15)16-12-8-6-7-9-13(12)21-5-2/h6-9,11,16H,4-5H2,1-3H3,(H,17,19,20)/t11-/m0/s1. The molecule has 1 aromatic carbocycles. The molecule has 2 rings (SSSR count). The fourth-order valence-electron chi connectivity index (χ4n) is 1.95. The number of amides is 1. The van der Waals surface area contributed by atoms with Gasteiger partial charge in [-0.15, -0.1) is 10.2 Å². The molecule has 0 saturated carbocycles. The van der Waals surface area contributed by atoms with E-state index in [4.69, 9.17) is 4.74 Å². The first-order valence-electron chi connectivity index (χ1n) is 7.23. The summed E-state index contributed by atoms with van der Waals surface area (Å²) in [6.45, 7) is 6.30. The molecule has 0 spiro atoms. The first-order chi connectivity index (χ1) is 10.6. The molecule has 7 heteroatoms. The van der Waals surface area contributed by atoms with E-state index in [1.165, 1.54) is 11.3 Å². The van der Waals surface area contributed by atoms with Crippen LogP contribution in [-0.2, 0) is 4.79 Å². The fraction of sp³-hybridized carbons (Fsp3) is 0.400. The highest BCUT2D eigenvalue weighted by Crippen LogP contribution is 2.25. The molecule has 1 amide bonds. The van der Waals surface area contributed by atoms with Gasteiger partial charge in [-0.2, -0.15) is 0 Å². The molecule has 1 heterocycles. The number of para-hydroxylation sites is 2. The molecule has 22 heavy (non-hydrogen) atoms. The van der Waals surface area contributed by atoms with Crippen molar-refractivity contribution >= 4 is 28.1 Å². The average Bonchev–Trinajstić information content (AvgIpc) is 2.91. The maximum Gasteiger partial charge on any atom is 0.248 e.